The van der Waals surface area contributed by atoms with E-state index in [1.807, 2.05) is 55.5 Å². The maximum atomic E-state index is 12.4. The molecule has 2 aromatic rings. The maximum Gasteiger partial charge on any atom is 0.249 e. The summed E-state index contributed by atoms with van der Waals surface area (Å²) in [5, 5.41) is 2.98. The van der Waals surface area contributed by atoms with Gasteiger partial charge in [0, 0.05) is 22.2 Å². The van der Waals surface area contributed by atoms with E-state index < -0.39 is 6.04 Å². The number of halogens is 1. The number of aliphatic imine (C=N–C) groups is 1. The minimum Gasteiger partial charge on any atom is -0.324 e. The van der Waals surface area contributed by atoms with Gasteiger partial charge in [0.15, 0.2) is 0 Å². The monoisotopic (exact) mass is 342 g/mol. The van der Waals surface area contributed by atoms with Crippen molar-refractivity contribution in [3.63, 3.8) is 0 Å². The van der Waals surface area contributed by atoms with Crippen molar-refractivity contribution in [2.24, 2.45) is 4.99 Å². The zero-order valence-electron chi connectivity index (χ0n) is 11.6. The summed E-state index contributed by atoms with van der Waals surface area (Å²) < 4.78 is 0.941. The van der Waals surface area contributed by atoms with Crippen LogP contribution in [0.2, 0.25) is 0 Å². The topological polar surface area (TPSA) is 41.5 Å². The molecular formula is C17H15BrN2O. The third-order valence-corrected chi connectivity index (χ3v) is 4.05. The molecule has 1 atom stereocenters. The van der Waals surface area contributed by atoms with Crippen molar-refractivity contribution >= 4 is 33.2 Å². The van der Waals surface area contributed by atoms with E-state index >= 15 is 0 Å². The highest BCUT2D eigenvalue weighted by molar-refractivity contribution is 9.10. The Bertz CT molecular complexity index is 710. The lowest BCUT2D eigenvalue weighted by atomic mass is 10.1. The van der Waals surface area contributed by atoms with Crippen LogP contribution in [0.1, 0.15) is 18.1 Å². The normalized spacial score (nSPS) is 17.5. The smallest absolute Gasteiger partial charge is 0.249 e. The van der Waals surface area contributed by atoms with Crippen molar-refractivity contribution in [1.29, 1.82) is 0 Å². The van der Waals surface area contributed by atoms with Crippen molar-refractivity contribution in [2.45, 2.75) is 19.4 Å². The molecule has 0 aromatic heterocycles. The minimum absolute atomic E-state index is 0.0601. The summed E-state index contributed by atoms with van der Waals surface area (Å²) >= 11 is 3.43. The van der Waals surface area contributed by atoms with Crippen molar-refractivity contribution in [3.8, 4) is 0 Å². The van der Waals surface area contributed by atoms with Gasteiger partial charge in [-0.3, -0.25) is 9.79 Å². The van der Waals surface area contributed by atoms with Crippen LogP contribution in [0.5, 0.6) is 0 Å². The van der Waals surface area contributed by atoms with Crippen molar-refractivity contribution in [3.05, 3.63) is 64.1 Å². The van der Waals surface area contributed by atoms with E-state index in [1.54, 1.807) is 0 Å². The second-order valence-corrected chi connectivity index (χ2v) is 6.01. The van der Waals surface area contributed by atoms with Gasteiger partial charge in [-0.05, 0) is 30.7 Å². The SMILES string of the molecule is CC1=NC(Cc2ccccc2)C(=O)Nc2cc(Br)ccc21. The molecular weight excluding hydrogens is 328 g/mol. The number of amides is 1. The Kier molecular flexibility index (Phi) is 3.88. The number of fused-ring (bicyclic) bond motifs is 1. The summed E-state index contributed by atoms with van der Waals surface area (Å²) in [7, 11) is 0. The molecule has 1 heterocycles. The van der Waals surface area contributed by atoms with Crippen LogP contribution in [0.3, 0.4) is 0 Å². The number of carbonyl (C=O) groups is 1. The van der Waals surface area contributed by atoms with Gasteiger partial charge < -0.3 is 5.32 Å². The van der Waals surface area contributed by atoms with Crippen molar-refractivity contribution in [2.75, 3.05) is 5.32 Å². The molecule has 1 amide bonds. The second-order valence-electron chi connectivity index (χ2n) is 5.10. The molecule has 3 nitrogen and oxygen atoms in total. The van der Waals surface area contributed by atoms with E-state index in [9.17, 15) is 4.79 Å². The minimum atomic E-state index is -0.390. The number of hydrogen-bond acceptors (Lipinski definition) is 2. The van der Waals surface area contributed by atoms with Crippen LogP contribution in [0.15, 0.2) is 58.0 Å². The molecule has 1 aliphatic heterocycles. The summed E-state index contributed by atoms with van der Waals surface area (Å²) in [4.78, 5) is 17.0. The molecule has 0 fully saturated rings. The molecule has 21 heavy (non-hydrogen) atoms. The Balaban J connectivity index is 1.93. The fraction of sp³-hybridized carbons (Fsp3) is 0.176. The van der Waals surface area contributed by atoms with Crippen LogP contribution in [0.25, 0.3) is 0 Å². The first kappa shape index (κ1) is 14.0. The fourth-order valence-electron chi connectivity index (χ4n) is 2.49. The summed E-state index contributed by atoms with van der Waals surface area (Å²) in [5.41, 5.74) is 3.78. The molecule has 1 N–H and O–H groups in total. The molecule has 4 heteroatoms. The lowest BCUT2D eigenvalue weighted by Gasteiger charge is -2.11. The van der Waals surface area contributed by atoms with Gasteiger partial charge >= 0.3 is 0 Å². The number of anilines is 1. The highest BCUT2D eigenvalue weighted by atomic mass is 79.9. The van der Waals surface area contributed by atoms with Crippen LogP contribution in [0, 0.1) is 0 Å². The molecule has 0 spiro atoms. The molecule has 1 aliphatic rings. The van der Waals surface area contributed by atoms with Gasteiger partial charge in [0.05, 0.1) is 5.69 Å². The summed E-state index contributed by atoms with van der Waals surface area (Å²) in [5.74, 6) is -0.0601. The van der Waals surface area contributed by atoms with Gasteiger partial charge in [0.25, 0.3) is 0 Å². The van der Waals surface area contributed by atoms with Gasteiger partial charge in [-0.15, -0.1) is 0 Å². The predicted octanol–water partition coefficient (Wildman–Crippen LogP) is 3.82. The average molecular weight is 343 g/mol. The van der Waals surface area contributed by atoms with E-state index in [1.165, 1.54) is 0 Å². The fourth-order valence-corrected chi connectivity index (χ4v) is 2.85. The highest BCUT2D eigenvalue weighted by Gasteiger charge is 2.23. The van der Waals surface area contributed by atoms with E-state index in [0.29, 0.717) is 6.42 Å². The molecule has 2 aromatic carbocycles. The first-order valence-electron chi connectivity index (χ1n) is 6.82. The average Bonchev–Trinajstić information content (AvgIpc) is 2.57. The highest BCUT2D eigenvalue weighted by Crippen LogP contribution is 2.25. The zero-order valence-corrected chi connectivity index (χ0v) is 13.2. The van der Waals surface area contributed by atoms with Crippen LogP contribution < -0.4 is 5.32 Å². The molecule has 0 saturated carbocycles. The molecule has 3 rings (SSSR count). The lowest BCUT2D eigenvalue weighted by Crippen LogP contribution is -2.27. The summed E-state index contributed by atoms with van der Waals surface area (Å²) in [6, 6.07) is 15.4. The largest absolute Gasteiger partial charge is 0.324 e. The van der Waals surface area contributed by atoms with Gasteiger partial charge in [-0.25, -0.2) is 0 Å². The molecule has 0 saturated heterocycles. The molecule has 0 bridgehead atoms. The molecule has 0 radical (unpaired) electrons. The van der Waals surface area contributed by atoms with E-state index in [4.69, 9.17) is 0 Å². The van der Waals surface area contributed by atoms with Crippen molar-refractivity contribution < 1.29 is 4.79 Å². The quantitative estimate of drug-likeness (QED) is 0.885. The van der Waals surface area contributed by atoms with Crippen LogP contribution in [-0.4, -0.2) is 17.7 Å². The number of hydrogen-bond donors (Lipinski definition) is 1. The van der Waals surface area contributed by atoms with Crippen molar-refractivity contribution in [1.82, 2.24) is 0 Å². The number of nitrogens with one attached hydrogen (secondary N) is 1. The van der Waals surface area contributed by atoms with Crippen LogP contribution in [0.4, 0.5) is 5.69 Å². The second kappa shape index (κ2) is 5.82. The van der Waals surface area contributed by atoms with Crippen LogP contribution >= 0.6 is 15.9 Å². The maximum absolute atomic E-state index is 12.4. The van der Waals surface area contributed by atoms with E-state index in [-0.39, 0.29) is 5.91 Å². The number of benzodiazepines with no additional fused rings is 1. The van der Waals surface area contributed by atoms with E-state index in [2.05, 4.69) is 26.2 Å². The van der Waals surface area contributed by atoms with Gasteiger partial charge in [0.1, 0.15) is 6.04 Å². The van der Waals surface area contributed by atoms with Crippen LogP contribution in [-0.2, 0) is 11.2 Å². The third kappa shape index (κ3) is 3.05. The van der Waals surface area contributed by atoms with E-state index in [0.717, 1.165) is 27.0 Å². The number of nitrogens with zero attached hydrogens (tertiary/aromatic N) is 1. The Morgan fingerprint density at radius 2 is 1.95 bits per heavy atom. The molecule has 106 valence electrons. The number of carbonyl (C=O) groups excluding carboxylic acids is 1. The lowest BCUT2D eigenvalue weighted by molar-refractivity contribution is -0.117. The number of rotatable bonds is 2. The zero-order chi connectivity index (χ0) is 14.8. The summed E-state index contributed by atoms with van der Waals surface area (Å²) in [6.07, 6.45) is 0.610. The van der Waals surface area contributed by atoms with Gasteiger partial charge in [-0.2, -0.15) is 0 Å². The first-order valence-corrected chi connectivity index (χ1v) is 7.62. The van der Waals surface area contributed by atoms with Gasteiger partial charge in [-0.1, -0.05) is 46.3 Å². The summed E-state index contributed by atoms with van der Waals surface area (Å²) in [6.45, 7) is 1.95. The first-order chi connectivity index (χ1) is 10.1. The Hall–Kier alpha value is -1.94. The number of benzene rings is 2. The van der Waals surface area contributed by atoms with Gasteiger partial charge in [0.2, 0.25) is 5.91 Å². The molecule has 0 aliphatic carbocycles. The third-order valence-electron chi connectivity index (χ3n) is 3.55. The Morgan fingerprint density at radius 3 is 2.71 bits per heavy atom. The standard InChI is InChI=1S/C17H15BrN2O/c1-11-14-8-7-13(18)10-15(14)20-17(21)16(19-11)9-12-5-3-2-4-6-12/h2-8,10,16H,9H2,1H3,(H,20,21). The Morgan fingerprint density at radius 1 is 1.19 bits per heavy atom. The molecule has 1 unspecified atom stereocenters. The predicted molar refractivity (Wildman–Crippen MR) is 88.9 cm³/mol. The Labute approximate surface area is 132 Å².